The minimum absolute atomic E-state index is 0.413. The summed E-state index contributed by atoms with van der Waals surface area (Å²) < 4.78 is 41.0. The molecule has 16 heavy (non-hydrogen) atoms. The van der Waals surface area contributed by atoms with Crippen molar-refractivity contribution in [2.24, 2.45) is 5.92 Å². The molecule has 0 saturated carbocycles. The number of esters is 1. The summed E-state index contributed by atoms with van der Waals surface area (Å²) in [5.74, 6) is -3.72. The van der Waals surface area contributed by atoms with Crippen LogP contribution in [0.3, 0.4) is 0 Å². The number of aliphatic carboxylic acids is 1. The molecule has 0 aliphatic heterocycles. The van der Waals surface area contributed by atoms with E-state index in [-0.39, 0.29) is 0 Å². The average molecular weight is 240 g/mol. The topological polar surface area (TPSA) is 63.6 Å². The molecule has 0 aromatic carbocycles. The van der Waals surface area contributed by atoms with Crippen molar-refractivity contribution in [3.8, 4) is 0 Å². The molecule has 0 aliphatic carbocycles. The average Bonchev–Trinajstić information content (AvgIpc) is 2.08. The van der Waals surface area contributed by atoms with Crippen molar-refractivity contribution >= 4 is 11.9 Å². The maximum absolute atomic E-state index is 12.3. The van der Waals surface area contributed by atoms with Gasteiger partial charge in [-0.3, -0.25) is 0 Å². The normalized spacial score (nSPS) is 14.1. The predicted molar refractivity (Wildman–Crippen MR) is 47.5 cm³/mol. The Kier molecular flexibility index (Phi) is 5.00. The van der Waals surface area contributed by atoms with Crippen molar-refractivity contribution in [2.75, 3.05) is 0 Å². The number of carbonyl (C=O) groups excluding carboxylic acids is 1. The van der Waals surface area contributed by atoms with Gasteiger partial charge < -0.3 is 9.84 Å². The number of rotatable bonds is 4. The Morgan fingerprint density at radius 1 is 1.25 bits per heavy atom. The first kappa shape index (κ1) is 14.5. The van der Waals surface area contributed by atoms with Crippen LogP contribution in [0, 0.1) is 5.92 Å². The zero-order chi connectivity index (χ0) is 12.9. The Hall–Kier alpha value is -1.53. The van der Waals surface area contributed by atoms with E-state index in [4.69, 9.17) is 5.11 Å². The van der Waals surface area contributed by atoms with Crippen molar-refractivity contribution in [3.05, 3.63) is 12.2 Å². The molecule has 92 valence electrons. The first-order valence-corrected chi connectivity index (χ1v) is 4.33. The molecule has 0 aliphatic rings. The fraction of sp³-hybridized carbons (Fsp3) is 0.556. The van der Waals surface area contributed by atoms with Gasteiger partial charge in [0.25, 0.3) is 0 Å². The summed E-state index contributed by atoms with van der Waals surface area (Å²) in [6, 6.07) is 0. The zero-order valence-corrected chi connectivity index (χ0v) is 8.62. The van der Waals surface area contributed by atoms with Crippen LogP contribution < -0.4 is 0 Å². The Labute approximate surface area is 89.7 Å². The fourth-order valence-electron chi connectivity index (χ4n) is 0.885. The summed E-state index contributed by atoms with van der Waals surface area (Å²) in [4.78, 5) is 20.8. The van der Waals surface area contributed by atoms with Gasteiger partial charge in [-0.1, -0.05) is 13.8 Å². The summed E-state index contributed by atoms with van der Waals surface area (Å²) in [5.41, 5.74) is 0. The number of ether oxygens (including phenoxy) is 1. The molecule has 0 aromatic heterocycles. The predicted octanol–water partition coefficient (Wildman–Crippen LogP) is 1.76. The molecule has 0 spiro atoms. The van der Waals surface area contributed by atoms with Crippen molar-refractivity contribution in [1.82, 2.24) is 0 Å². The largest absolute Gasteiger partial charge is 0.478 e. The molecule has 7 heteroatoms. The number of halogens is 3. The summed E-state index contributed by atoms with van der Waals surface area (Å²) in [5, 5.41) is 8.15. The van der Waals surface area contributed by atoms with Gasteiger partial charge in [-0.05, 0) is 5.92 Å². The Bertz CT molecular complexity index is 294. The van der Waals surface area contributed by atoms with E-state index in [1.807, 2.05) is 0 Å². The fourth-order valence-corrected chi connectivity index (χ4v) is 0.885. The second-order valence-corrected chi connectivity index (χ2v) is 3.31. The number of carboxylic acid groups (broad SMARTS) is 1. The van der Waals surface area contributed by atoms with E-state index in [2.05, 4.69) is 4.74 Å². The SMILES string of the molecule is CC(C)C(OC(=O)/C=C\C(=O)O)C(F)(F)F. The lowest BCUT2D eigenvalue weighted by Gasteiger charge is -2.22. The highest BCUT2D eigenvalue weighted by atomic mass is 19.4. The van der Waals surface area contributed by atoms with Gasteiger partial charge in [-0.2, -0.15) is 13.2 Å². The van der Waals surface area contributed by atoms with Crippen LogP contribution in [0.2, 0.25) is 0 Å². The van der Waals surface area contributed by atoms with Crippen molar-refractivity contribution in [3.63, 3.8) is 0 Å². The lowest BCUT2D eigenvalue weighted by molar-refractivity contribution is -0.228. The van der Waals surface area contributed by atoms with Gasteiger partial charge in [0.15, 0.2) is 6.10 Å². The molecule has 0 radical (unpaired) electrons. The van der Waals surface area contributed by atoms with Crippen LogP contribution in [0.5, 0.6) is 0 Å². The summed E-state index contributed by atoms with van der Waals surface area (Å²) >= 11 is 0. The van der Waals surface area contributed by atoms with E-state index in [0.717, 1.165) is 0 Å². The summed E-state index contributed by atoms with van der Waals surface area (Å²) in [6.07, 6.45) is -6.06. The van der Waals surface area contributed by atoms with Crippen LogP contribution in [0.1, 0.15) is 13.8 Å². The molecule has 1 N–H and O–H groups in total. The third-order valence-electron chi connectivity index (χ3n) is 1.53. The molecule has 0 rings (SSSR count). The monoisotopic (exact) mass is 240 g/mol. The molecule has 1 unspecified atom stereocenters. The quantitative estimate of drug-likeness (QED) is 0.600. The molecule has 4 nitrogen and oxygen atoms in total. The molecule has 0 heterocycles. The van der Waals surface area contributed by atoms with Gasteiger partial charge in [-0.25, -0.2) is 9.59 Å². The van der Waals surface area contributed by atoms with Crippen LogP contribution in [0.25, 0.3) is 0 Å². The molecule has 1 atom stereocenters. The minimum atomic E-state index is -4.67. The molecule has 0 bridgehead atoms. The lowest BCUT2D eigenvalue weighted by atomic mass is 10.1. The van der Waals surface area contributed by atoms with Gasteiger partial charge in [-0.15, -0.1) is 0 Å². The van der Waals surface area contributed by atoms with E-state index in [1.165, 1.54) is 13.8 Å². The Morgan fingerprint density at radius 3 is 2.06 bits per heavy atom. The molecule has 0 amide bonds. The van der Waals surface area contributed by atoms with Crippen LogP contribution in [0.4, 0.5) is 13.2 Å². The van der Waals surface area contributed by atoms with Gasteiger partial charge >= 0.3 is 18.1 Å². The third-order valence-corrected chi connectivity index (χ3v) is 1.53. The molecule has 0 fully saturated rings. The zero-order valence-electron chi connectivity index (χ0n) is 8.62. The molecule has 0 saturated heterocycles. The van der Waals surface area contributed by atoms with Crippen molar-refractivity contribution < 1.29 is 32.6 Å². The van der Waals surface area contributed by atoms with Crippen molar-refractivity contribution in [2.45, 2.75) is 26.1 Å². The number of hydrogen-bond donors (Lipinski definition) is 1. The number of alkyl halides is 3. The molecular formula is C9H11F3O4. The minimum Gasteiger partial charge on any atom is -0.478 e. The number of carbonyl (C=O) groups is 2. The lowest BCUT2D eigenvalue weighted by Crippen LogP contribution is -2.37. The van der Waals surface area contributed by atoms with Crippen LogP contribution in [0.15, 0.2) is 12.2 Å². The Morgan fingerprint density at radius 2 is 1.75 bits per heavy atom. The summed E-state index contributed by atoms with van der Waals surface area (Å²) in [7, 11) is 0. The molecular weight excluding hydrogens is 229 g/mol. The number of carboxylic acids is 1. The van der Waals surface area contributed by atoms with E-state index in [1.54, 1.807) is 0 Å². The van der Waals surface area contributed by atoms with Crippen LogP contribution in [-0.4, -0.2) is 29.3 Å². The number of hydrogen-bond acceptors (Lipinski definition) is 3. The van der Waals surface area contributed by atoms with Crippen LogP contribution in [-0.2, 0) is 14.3 Å². The standard InChI is InChI=1S/C9H11F3O4/c1-5(2)8(9(10,11)12)16-7(15)4-3-6(13)14/h3-5,8H,1-2H3,(H,13,14)/b4-3-. The van der Waals surface area contributed by atoms with Crippen molar-refractivity contribution in [1.29, 1.82) is 0 Å². The first-order valence-electron chi connectivity index (χ1n) is 4.33. The maximum atomic E-state index is 12.3. The van der Waals surface area contributed by atoms with Gasteiger partial charge in [0.1, 0.15) is 0 Å². The van der Waals surface area contributed by atoms with Gasteiger partial charge in [0, 0.05) is 12.2 Å². The highest BCUT2D eigenvalue weighted by Gasteiger charge is 2.44. The third kappa shape index (κ3) is 5.38. The smallest absolute Gasteiger partial charge is 0.425 e. The second kappa shape index (κ2) is 5.53. The first-order chi connectivity index (χ1) is 7.14. The Balaban J connectivity index is 4.54. The highest BCUT2D eigenvalue weighted by molar-refractivity contribution is 5.90. The molecule has 0 aromatic rings. The highest BCUT2D eigenvalue weighted by Crippen LogP contribution is 2.28. The second-order valence-electron chi connectivity index (χ2n) is 3.31. The van der Waals surface area contributed by atoms with E-state index in [9.17, 15) is 22.8 Å². The van der Waals surface area contributed by atoms with Gasteiger partial charge in [0.2, 0.25) is 0 Å². The summed E-state index contributed by atoms with van der Waals surface area (Å²) in [6.45, 7) is 2.48. The van der Waals surface area contributed by atoms with E-state index in [0.29, 0.717) is 12.2 Å². The van der Waals surface area contributed by atoms with Gasteiger partial charge in [0.05, 0.1) is 0 Å². The van der Waals surface area contributed by atoms with E-state index >= 15 is 0 Å². The van der Waals surface area contributed by atoms with Crippen LogP contribution >= 0.6 is 0 Å². The maximum Gasteiger partial charge on any atom is 0.425 e. The van der Waals surface area contributed by atoms with E-state index < -0.39 is 30.1 Å².